The first-order chi connectivity index (χ1) is 8.59. The number of amidine groups is 1. The van der Waals surface area contributed by atoms with Gasteiger partial charge in [0.1, 0.15) is 0 Å². The molecule has 2 rings (SSSR count). The lowest BCUT2D eigenvalue weighted by Gasteiger charge is -2.16. The summed E-state index contributed by atoms with van der Waals surface area (Å²) >= 11 is 0. The van der Waals surface area contributed by atoms with E-state index in [0.717, 1.165) is 24.5 Å². The Hall–Kier alpha value is -1.58. The van der Waals surface area contributed by atoms with Crippen molar-refractivity contribution in [3.63, 3.8) is 0 Å². The molecule has 18 heavy (non-hydrogen) atoms. The number of rotatable bonds is 2. The molecule has 0 bridgehead atoms. The zero-order chi connectivity index (χ0) is 13.1. The Morgan fingerprint density at radius 2 is 1.94 bits per heavy atom. The molecule has 0 aromatic carbocycles. The van der Waals surface area contributed by atoms with Crippen LogP contribution in [0.25, 0.3) is 0 Å². The molecule has 0 atom stereocenters. The lowest BCUT2D eigenvalue weighted by atomic mass is 10.1. The normalized spacial score (nSPS) is 23.0. The average Bonchev–Trinajstić information content (AvgIpc) is 2.91. The fraction of sp³-hybridized carbons (Fsp3) is 0.571. The van der Waals surface area contributed by atoms with E-state index in [1.807, 2.05) is 12.2 Å². The van der Waals surface area contributed by atoms with Gasteiger partial charge in [0.25, 0.3) is 5.91 Å². The van der Waals surface area contributed by atoms with Crippen LogP contribution in [0.3, 0.4) is 0 Å². The van der Waals surface area contributed by atoms with E-state index in [1.165, 1.54) is 17.9 Å². The van der Waals surface area contributed by atoms with Gasteiger partial charge in [-0.2, -0.15) is 5.10 Å². The second-order valence-electron chi connectivity index (χ2n) is 5.16. The van der Waals surface area contributed by atoms with Crippen molar-refractivity contribution in [3.05, 3.63) is 23.8 Å². The summed E-state index contributed by atoms with van der Waals surface area (Å²) in [6, 6.07) is 0. The summed E-state index contributed by atoms with van der Waals surface area (Å²) in [6.07, 6.45) is 8.31. The second-order valence-corrected chi connectivity index (χ2v) is 5.16. The number of amides is 1. The van der Waals surface area contributed by atoms with Crippen molar-refractivity contribution in [1.29, 1.82) is 0 Å². The predicted octanol–water partition coefficient (Wildman–Crippen LogP) is 2.01. The molecule has 2 aliphatic rings. The fourth-order valence-electron chi connectivity index (χ4n) is 2.19. The van der Waals surface area contributed by atoms with Gasteiger partial charge in [0.05, 0.1) is 5.57 Å². The molecule has 0 aliphatic carbocycles. The first-order valence-electron chi connectivity index (χ1n) is 6.60. The molecule has 4 heteroatoms. The topological polar surface area (TPSA) is 35.9 Å². The van der Waals surface area contributed by atoms with Crippen molar-refractivity contribution in [2.75, 3.05) is 20.1 Å². The molecule has 1 saturated heterocycles. The summed E-state index contributed by atoms with van der Waals surface area (Å²) < 4.78 is 0. The molecule has 0 spiro atoms. The number of carbonyl (C=O) groups is 1. The van der Waals surface area contributed by atoms with Crippen LogP contribution in [-0.4, -0.2) is 41.8 Å². The first-order valence-corrected chi connectivity index (χ1v) is 6.60. The van der Waals surface area contributed by atoms with E-state index in [2.05, 4.69) is 29.9 Å². The molecule has 1 amide bonds. The van der Waals surface area contributed by atoms with Crippen LogP contribution in [0.2, 0.25) is 0 Å². The predicted molar refractivity (Wildman–Crippen MR) is 73.1 cm³/mol. The van der Waals surface area contributed by atoms with Gasteiger partial charge in [0.2, 0.25) is 0 Å². The number of carbonyl (C=O) groups excluding carboxylic acids is 1. The number of likely N-dealkylation sites (N-methyl/N-ethyl adjacent to an activating group) is 1. The molecule has 4 nitrogen and oxygen atoms in total. The molecule has 0 N–H and O–H groups in total. The minimum absolute atomic E-state index is 0.00898. The van der Waals surface area contributed by atoms with Gasteiger partial charge < -0.3 is 4.90 Å². The third-order valence-electron chi connectivity index (χ3n) is 3.17. The summed E-state index contributed by atoms with van der Waals surface area (Å²) in [7, 11) is 1.71. The van der Waals surface area contributed by atoms with E-state index in [4.69, 9.17) is 0 Å². The Balaban J connectivity index is 2.20. The highest BCUT2D eigenvalue weighted by atomic mass is 16.2. The van der Waals surface area contributed by atoms with Crippen molar-refractivity contribution in [3.8, 4) is 0 Å². The van der Waals surface area contributed by atoms with Gasteiger partial charge in [0.15, 0.2) is 5.84 Å². The zero-order valence-electron chi connectivity index (χ0n) is 11.4. The molecule has 0 radical (unpaired) electrons. The summed E-state index contributed by atoms with van der Waals surface area (Å²) in [5.41, 5.74) is 0.719. The minimum atomic E-state index is -0.00898. The Bertz CT molecular complexity index is 415. The van der Waals surface area contributed by atoms with Crippen LogP contribution in [0.15, 0.2) is 28.9 Å². The monoisotopic (exact) mass is 247 g/mol. The van der Waals surface area contributed by atoms with E-state index in [9.17, 15) is 4.79 Å². The number of nitrogens with zero attached hydrogens (tertiary/aromatic N) is 3. The maximum absolute atomic E-state index is 12.0. The van der Waals surface area contributed by atoms with Gasteiger partial charge in [-0.1, -0.05) is 26.0 Å². The largest absolute Gasteiger partial charge is 0.355 e. The molecule has 0 unspecified atom stereocenters. The van der Waals surface area contributed by atoms with Gasteiger partial charge in [-0.05, 0) is 24.8 Å². The third kappa shape index (κ3) is 2.63. The lowest BCUT2D eigenvalue weighted by molar-refractivity contribution is -0.124. The van der Waals surface area contributed by atoms with Crippen molar-refractivity contribution >= 4 is 11.7 Å². The third-order valence-corrected chi connectivity index (χ3v) is 3.17. The van der Waals surface area contributed by atoms with Crippen LogP contribution >= 0.6 is 0 Å². The summed E-state index contributed by atoms with van der Waals surface area (Å²) in [6.45, 7) is 6.25. The Morgan fingerprint density at radius 3 is 2.56 bits per heavy atom. The molecular weight excluding hydrogens is 226 g/mol. The molecule has 2 heterocycles. The van der Waals surface area contributed by atoms with Crippen LogP contribution < -0.4 is 0 Å². The van der Waals surface area contributed by atoms with E-state index in [0.29, 0.717) is 5.92 Å². The quantitative estimate of drug-likeness (QED) is 0.700. The molecular formula is C14H21N3O. The highest BCUT2D eigenvalue weighted by molar-refractivity contribution is 6.23. The van der Waals surface area contributed by atoms with Crippen LogP contribution in [0.1, 0.15) is 26.7 Å². The maximum atomic E-state index is 12.0. The number of hydrogen-bond donors (Lipinski definition) is 0. The molecule has 0 aromatic rings. The van der Waals surface area contributed by atoms with Gasteiger partial charge in [-0.25, -0.2) is 5.01 Å². The first kappa shape index (κ1) is 12.9. The van der Waals surface area contributed by atoms with Crippen LogP contribution in [0, 0.1) is 5.92 Å². The van der Waals surface area contributed by atoms with Crippen molar-refractivity contribution < 1.29 is 4.79 Å². The molecule has 98 valence electrons. The second kappa shape index (κ2) is 5.38. The van der Waals surface area contributed by atoms with E-state index in [-0.39, 0.29) is 5.91 Å². The Kier molecular flexibility index (Phi) is 3.84. The maximum Gasteiger partial charge on any atom is 0.277 e. The lowest BCUT2D eigenvalue weighted by Crippen LogP contribution is -2.28. The van der Waals surface area contributed by atoms with E-state index < -0.39 is 0 Å². The van der Waals surface area contributed by atoms with E-state index >= 15 is 0 Å². The van der Waals surface area contributed by atoms with Crippen molar-refractivity contribution in [1.82, 2.24) is 9.91 Å². The Morgan fingerprint density at radius 1 is 1.28 bits per heavy atom. The number of hydrogen-bond acceptors (Lipinski definition) is 3. The molecule has 1 fully saturated rings. The van der Waals surface area contributed by atoms with Crippen molar-refractivity contribution in [2.24, 2.45) is 11.0 Å². The number of hydrazone groups is 1. The average molecular weight is 247 g/mol. The fourth-order valence-corrected chi connectivity index (χ4v) is 2.19. The zero-order valence-corrected chi connectivity index (χ0v) is 11.4. The standard InChI is InChI=1S/C14H21N3O/c1-11(2)7-6-8-12-13(15-16(3)14(12)18)17-9-4-5-10-17/h6-8,11H,4-5,9-10H2,1-3H3/b7-6+,12-8-. The van der Waals surface area contributed by atoms with Crippen molar-refractivity contribution in [2.45, 2.75) is 26.7 Å². The molecule has 2 aliphatic heterocycles. The molecule has 0 aromatic heterocycles. The van der Waals surface area contributed by atoms with Gasteiger partial charge in [0, 0.05) is 20.1 Å². The number of allylic oxidation sites excluding steroid dienone is 3. The minimum Gasteiger partial charge on any atom is -0.355 e. The van der Waals surface area contributed by atoms with Crippen LogP contribution in [0.4, 0.5) is 0 Å². The van der Waals surface area contributed by atoms with Crippen LogP contribution in [-0.2, 0) is 4.79 Å². The van der Waals surface area contributed by atoms with Crippen LogP contribution in [0.5, 0.6) is 0 Å². The Labute approximate surface area is 109 Å². The van der Waals surface area contributed by atoms with Gasteiger partial charge >= 0.3 is 0 Å². The van der Waals surface area contributed by atoms with E-state index in [1.54, 1.807) is 7.05 Å². The SMILES string of the molecule is CC(C)/C=C/C=C1\C(=O)N(C)N=C1N1CCCC1. The highest BCUT2D eigenvalue weighted by Gasteiger charge is 2.31. The summed E-state index contributed by atoms with van der Waals surface area (Å²) in [5, 5.41) is 5.79. The summed E-state index contributed by atoms with van der Waals surface area (Å²) in [5.74, 6) is 1.32. The summed E-state index contributed by atoms with van der Waals surface area (Å²) in [4.78, 5) is 14.2. The smallest absolute Gasteiger partial charge is 0.277 e. The highest BCUT2D eigenvalue weighted by Crippen LogP contribution is 2.20. The molecule has 0 saturated carbocycles. The van der Waals surface area contributed by atoms with Gasteiger partial charge in [-0.15, -0.1) is 0 Å². The number of likely N-dealkylation sites (tertiary alicyclic amines) is 1. The van der Waals surface area contributed by atoms with Gasteiger partial charge in [-0.3, -0.25) is 4.79 Å².